The van der Waals surface area contributed by atoms with E-state index < -0.39 is 23.4 Å². The third-order valence-corrected chi connectivity index (χ3v) is 2.33. The van der Waals surface area contributed by atoms with Gasteiger partial charge < -0.3 is 11.1 Å². The molecule has 18 heavy (non-hydrogen) atoms. The molecule has 98 valence electrons. The quantitative estimate of drug-likeness (QED) is 0.754. The van der Waals surface area contributed by atoms with E-state index in [-0.39, 0.29) is 18.5 Å². The Hall–Kier alpha value is -1.98. The predicted molar refractivity (Wildman–Crippen MR) is 61.7 cm³/mol. The molecule has 3 N–H and O–H groups in total. The number of amides is 2. The lowest BCUT2D eigenvalue weighted by Gasteiger charge is -2.06. The first kappa shape index (κ1) is 14.1. The van der Waals surface area contributed by atoms with Gasteiger partial charge in [-0.15, -0.1) is 0 Å². The summed E-state index contributed by atoms with van der Waals surface area (Å²) in [5.41, 5.74) is 4.62. The highest BCUT2D eigenvalue weighted by Crippen LogP contribution is 2.10. The minimum absolute atomic E-state index is 0.240. The van der Waals surface area contributed by atoms with Crippen molar-refractivity contribution in [2.45, 2.75) is 19.3 Å². The van der Waals surface area contributed by atoms with Crippen LogP contribution in [-0.4, -0.2) is 18.4 Å². The highest BCUT2D eigenvalue weighted by atomic mass is 19.2. The second kappa shape index (κ2) is 6.68. The molecule has 0 heterocycles. The molecule has 6 heteroatoms. The van der Waals surface area contributed by atoms with E-state index in [0.29, 0.717) is 12.8 Å². The first-order valence-corrected chi connectivity index (χ1v) is 5.53. The van der Waals surface area contributed by atoms with Gasteiger partial charge in [0.15, 0.2) is 11.6 Å². The van der Waals surface area contributed by atoms with Gasteiger partial charge in [0.05, 0.1) is 5.56 Å². The number of hydrogen-bond acceptors (Lipinski definition) is 2. The van der Waals surface area contributed by atoms with Crippen LogP contribution in [0.15, 0.2) is 18.2 Å². The Labute approximate surface area is 103 Å². The van der Waals surface area contributed by atoms with E-state index in [4.69, 9.17) is 5.73 Å². The summed E-state index contributed by atoms with van der Waals surface area (Å²) < 4.78 is 26.1. The molecule has 0 aliphatic heterocycles. The van der Waals surface area contributed by atoms with Gasteiger partial charge in [-0.05, 0) is 25.0 Å². The molecule has 0 saturated heterocycles. The van der Waals surface area contributed by atoms with Gasteiger partial charge in [0.2, 0.25) is 5.91 Å². The van der Waals surface area contributed by atoms with Crippen molar-refractivity contribution in [1.29, 1.82) is 0 Å². The topological polar surface area (TPSA) is 72.2 Å². The minimum atomic E-state index is -1.16. The van der Waals surface area contributed by atoms with Crippen LogP contribution in [0.25, 0.3) is 0 Å². The van der Waals surface area contributed by atoms with Crippen molar-refractivity contribution in [3.63, 3.8) is 0 Å². The van der Waals surface area contributed by atoms with Crippen molar-refractivity contribution in [2.75, 3.05) is 6.54 Å². The van der Waals surface area contributed by atoms with Gasteiger partial charge in [-0.2, -0.15) is 0 Å². The van der Waals surface area contributed by atoms with Crippen molar-refractivity contribution in [3.05, 3.63) is 35.4 Å². The van der Waals surface area contributed by atoms with Crippen molar-refractivity contribution in [2.24, 2.45) is 5.73 Å². The average molecular weight is 256 g/mol. The lowest BCUT2D eigenvalue weighted by atomic mass is 10.2. The Morgan fingerprint density at radius 1 is 1.22 bits per heavy atom. The number of carbonyl (C=O) groups is 2. The number of nitrogens with one attached hydrogen (secondary N) is 1. The van der Waals surface area contributed by atoms with Crippen LogP contribution < -0.4 is 11.1 Å². The van der Waals surface area contributed by atoms with Crippen molar-refractivity contribution in [1.82, 2.24) is 5.32 Å². The lowest BCUT2D eigenvalue weighted by molar-refractivity contribution is -0.118. The molecule has 4 nitrogen and oxygen atoms in total. The standard InChI is InChI=1S/C12H14F2N2O2/c13-9-5-3-4-8(11(9)14)12(18)16-7-2-1-6-10(15)17/h3-5H,1-2,6-7H2,(H2,15,17)(H,16,18). The molecular formula is C12H14F2N2O2. The fourth-order valence-corrected chi connectivity index (χ4v) is 1.40. The van der Waals surface area contributed by atoms with Crippen LogP contribution in [-0.2, 0) is 4.79 Å². The van der Waals surface area contributed by atoms with Gasteiger partial charge in [-0.1, -0.05) is 6.07 Å². The molecule has 1 rings (SSSR count). The van der Waals surface area contributed by atoms with E-state index in [1.807, 2.05) is 0 Å². The summed E-state index contributed by atoms with van der Waals surface area (Å²) >= 11 is 0. The van der Waals surface area contributed by atoms with Crippen LogP contribution in [0, 0.1) is 11.6 Å². The van der Waals surface area contributed by atoms with E-state index >= 15 is 0 Å². The summed E-state index contributed by atoms with van der Waals surface area (Å²) in [5, 5.41) is 2.44. The van der Waals surface area contributed by atoms with Crippen molar-refractivity contribution < 1.29 is 18.4 Å². The summed E-state index contributed by atoms with van der Waals surface area (Å²) in [6.45, 7) is 0.280. The molecular weight excluding hydrogens is 242 g/mol. The molecule has 0 atom stereocenters. The Bertz CT molecular complexity index is 450. The first-order chi connectivity index (χ1) is 8.52. The minimum Gasteiger partial charge on any atom is -0.370 e. The lowest BCUT2D eigenvalue weighted by Crippen LogP contribution is -2.26. The Balaban J connectivity index is 2.41. The van der Waals surface area contributed by atoms with Crippen LogP contribution in [0.1, 0.15) is 29.6 Å². The van der Waals surface area contributed by atoms with Crippen LogP contribution in [0.2, 0.25) is 0 Å². The number of unbranched alkanes of at least 4 members (excludes halogenated alkanes) is 1. The van der Waals surface area contributed by atoms with E-state index in [2.05, 4.69) is 5.32 Å². The summed E-state index contributed by atoms with van der Waals surface area (Å²) in [5.74, 6) is -3.30. The molecule has 1 aromatic carbocycles. The van der Waals surface area contributed by atoms with E-state index in [1.54, 1.807) is 0 Å². The second-order valence-electron chi connectivity index (χ2n) is 3.78. The number of benzene rings is 1. The third-order valence-electron chi connectivity index (χ3n) is 2.33. The average Bonchev–Trinajstić information content (AvgIpc) is 2.31. The zero-order valence-electron chi connectivity index (χ0n) is 9.71. The molecule has 0 aromatic heterocycles. The summed E-state index contributed by atoms with van der Waals surface area (Å²) in [6.07, 6.45) is 1.33. The van der Waals surface area contributed by atoms with Crippen molar-refractivity contribution >= 4 is 11.8 Å². The van der Waals surface area contributed by atoms with Gasteiger partial charge in [0.1, 0.15) is 0 Å². The van der Waals surface area contributed by atoms with Gasteiger partial charge in [0, 0.05) is 13.0 Å². The van der Waals surface area contributed by atoms with E-state index in [1.165, 1.54) is 12.1 Å². The molecule has 0 radical (unpaired) electrons. The van der Waals surface area contributed by atoms with Crippen LogP contribution in [0.5, 0.6) is 0 Å². The maximum atomic E-state index is 13.2. The molecule has 0 aliphatic rings. The second-order valence-corrected chi connectivity index (χ2v) is 3.78. The number of primary amides is 1. The number of nitrogens with two attached hydrogens (primary N) is 1. The zero-order chi connectivity index (χ0) is 13.5. The molecule has 2 amide bonds. The predicted octanol–water partition coefficient (Wildman–Crippen LogP) is 1.35. The number of hydrogen-bond donors (Lipinski definition) is 2. The smallest absolute Gasteiger partial charge is 0.254 e. The number of halogens is 2. The van der Waals surface area contributed by atoms with Gasteiger partial charge in [-0.25, -0.2) is 8.78 Å². The fourth-order valence-electron chi connectivity index (χ4n) is 1.40. The Morgan fingerprint density at radius 2 is 1.94 bits per heavy atom. The van der Waals surface area contributed by atoms with E-state index in [0.717, 1.165) is 6.07 Å². The molecule has 0 spiro atoms. The SMILES string of the molecule is NC(=O)CCCCNC(=O)c1cccc(F)c1F. The van der Waals surface area contributed by atoms with Crippen LogP contribution >= 0.6 is 0 Å². The van der Waals surface area contributed by atoms with Crippen LogP contribution in [0.4, 0.5) is 8.78 Å². The maximum Gasteiger partial charge on any atom is 0.254 e. The molecule has 1 aromatic rings. The monoisotopic (exact) mass is 256 g/mol. The van der Waals surface area contributed by atoms with Crippen molar-refractivity contribution in [3.8, 4) is 0 Å². The fraction of sp³-hybridized carbons (Fsp3) is 0.333. The molecule has 0 unspecified atom stereocenters. The molecule has 0 saturated carbocycles. The third kappa shape index (κ3) is 4.12. The largest absolute Gasteiger partial charge is 0.370 e. The summed E-state index contributed by atoms with van der Waals surface area (Å²) in [4.78, 5) is 21.9. The number of carbonyl (C=O) groups excluding carboxylic acids is 2. The Kier molecular flexibility index (Phi) is 5.23. The summed E-state index contributed by atoms with van der Waals surface area (Å²) in [6, 6.07) is 3.41. The Morgan fingerprint density at radius 3 is 2.61 bits per heavy atom. The van der Waals surface area contributed by atoms with Gasteiger partial charge >= 0.3 is 0 Å². The normalized spacial score (nSPS) is 10.1. The van der Waals surface area contributed by atoms with Gasteiger partial charge in [0.25, 0.3) is 5.91 Å². The molecule has 0 aliphatic carbocycles. The van der Waals surface area contributed by atoms with Gasteiger partial charge in [-0.3, -0.25) is 9.59 Å². The molecule has 0 bridgehead atoms. The highest BCUT2D eigenvalue weighted by Gasteiger charge is 2.14. The highest BCUT2D eigenvalue weighted by molar-refractivity contribution is 5.94. The van der Waals surface area contributed by atoms with Crippen LogP contribution in [0.3, 0.4) is 0 Å². The zero-order valence-corrected chi connectivity index (χ0v) is 9.71. The summed E-state index contributed by atoms with van der Waals surface area (Å²) in [7, 11) is 0. The first-order valence-electron chi connectivity index (χ1n) is 5.53. The maximum absolute atomic E-state index is 13.2. The number of rotatable bonds is 6. The van der Waals surface area contributed by atoms with E-state index in [9.17, 15) is 18.4 Å². The molecule has 0 fully saturated rings.